The van der Waals surface area contributed by atoms with Gasteiger partial charge in [0.2, 0.25) is 0 Å². The minimum atomic E-state index is -4.90. The molecule has 6 aromatic heterocycles. The second-order valence-electron chi connectivity index (χ2n) is 19.0. The lowest BCUT2D eigenvalue weighted by Crippen LogP contribution is -2.09. The van der Waals surface area contributed by atoms with Gasteiger partial charge in [0.15, 0.2) is 29.0 Å². The van der Waals surface area contributed by atoms with Gasteiger partial charge in [-0.3, -0.25) is 0 Å². The van der Waals surface area contributed by atoms with E-state index in [2.05, 4.69) is 24.8 Å². The topological polar surface area (TPSA) is 193 Å². The Balaban J connectivity index is 1.23. The summed E-state index contributed by atoms with van der Waals surface area (Å²) in [5, 5.41) is 12.9. The van der Waals surface area contributed by atoms with Gasteiger partial charge in [0.1, 0.15) is 46.6 Å². The fraction of sp³-hybridized carbons (Fsp3) is 0.153. The van der Waals surface area contributed by atoms with E-state index in [-0.39, 0.29) is 22.4 Å². The molecule has 0 N–H and O–H groups in total. The van der Waals surface area contributed by atoms with Crippen molar-refractivity contribution in [2.24, 2.45) is 0 Å². The third-order valence-electron chi connectivity index (χ3n) is 13.4. The molecule has 19 heteroatoms. The van der Waals surface area contributed by atoms with Gasteiger partial charge in [-0.05, 0) is 164 Å². The van der Waals surface area contributed by atoms with Crippen LogP contribution in [0.15, 0.2) is 103 Å². The summed E-state index contributed by atoms with van der Waals surface area (Å²) in [6.45, 7) is 23.1. The molecule has 0 saturated heterocycles. The summed E-state index contributed by atoms with van der Waals surface area (Å²) in [7, 11) is 0. The van der Waals surface area contributed by atoms with E-state index in [0.29, 0.717) is 126 Å². The monoisotopic (exact) mass is 1030 g/mol. The first-order chi connectivity index (χ1) is 37.4. The molecule has 12 aromatic rings. The van der Waals surface area contributed by atoms with Crippen LogP contribution in [0.4, 0.5) is 18.9 Å². The number of alkyl halides is 3. The summed E-state index contributed by atoms with van der Waals surface area (Å²) < 4.78 is 50.0. The molecular formula is C59H41F3N16. The summed E-state index contributed by atoms with van der Waals surface area (Å²) >= 11 is 0. The number of benzene rings is 6. The average molecular weight is 1030 g/mol. The van der Waals surface area contributed by atoms with Crippen molar-refractivity contribution in [3.05, 3.63) is 172 Å². The molecule has 0 unspecified atom stereocenters. The molecular weight excluding hydrogens is 990 g/mol. The van der Waals surface area contributed by atoms with E-state index in [9.17, 15) is 5.26 Å². The van der Waals surface area contributed by atoms with E-state index in [4.69, 9.17) is 46.4 Å². The smallest absolute Gasteiger partial charge is 0.308 e. The second-order valence-corrected chi connectivity index (χ2v) is 19.0. The zero-order valence-corrected chi connectivity index (χ0v) is 43.1. The molecule has 12 rings (SSSR count). The largest absolute Gasteiger partial charge is 0.417 e. The lowest BCUT2D eigenvalue weighted by Gasteiger charge is -2.21. The van der Waals surface area contributed by atoms with Crippen LogP contribution < -0.4 is 0 Å². The summed E-state index contributed by atoms with van der Waals surface area (Å²) in [4.78, 5) is 59.2. The van der Waals surface area contributed by atoms with Crippen LogP contribution in [0.5, 0.6) is 0 Å². The molecule has 0 aliphatic rings. The van der Waals surface area contributed by atoms with Gasteiger partial charge in [-0.1, -0.05) is 6.07 Å². The lowest BCUT2D eigenvalue weighted by atomic mass is 9.95. The summed E-state index contributed by atoms with van der Waals surface area (Å²) in [5.74, 6) is 6.26. The molecule has 0 aliphatic carbocycles. The number of fused-ring (bicyclic) bond motifs is 6. The van der Waals surface area contributed by atoms with Crippen molar-refractivity contribution in [3.8, 4) is 74.1 Å². The van der Waals surface area contributed by atoms with E-state index in [1.165, 1.54) is 12.1 Å². The molecule has 6 aromatic carbocycles. The molecule has 0 atom stereocenters. The number of nitrogens with zero attached hydrogens (tertiary/aromatic N) is 16. The van der Waals surface area contributed by atoms with Crippen molar-refractivity contribution >= 4 is 49.3 Å². The number of nitriles is 1. The standard InChI is InChI=1S/C59H41F3N16/c1-28-65-29(2)70-55(69-28)37-11-16-49-43(21-37)44-22-38(56-71-30(3)66-31(4)72-56)12-17-50(44)77(49)53-25-42(41-15-10-36(27-63)20-47(41)59(60,61)62)48(64-9)26-54(53)78-51-18-13-39(57-73-32(5)67-33(6)74-57)23-45(51)46-24-40(14-19-52(46)78)58-75-34(7)68-35(8)76-58/h10-26H,1-8H3. The Kier molecular flexibility index (Phi) is 11.4. The molecule has 378 valence electrons. The number of halogens is 3. The molecule has 16 nitrogen and oxygen atoms in total. The van der Waals surface area contributed by atoms with E-state index < -0.39 is 11.7 Å². The minimum absolute atomic E-state index is 0.00238. The van der Waals surface area contributed by atoms with Crippen LogP contribution in [0.2, 0.25) is 0 Å². The highest BCUT2D eigenvalue weighted by Gasteiger charge is 2.35. The van der Waals surface area contributed by atoms with Crippen molar-refractivity contribution in [1.29, 1.82) is 5.26 Å². The zero-order valence-electron chi connectivity index (χ0n) is 43.1. The highest BCUT2D eigenvalue weighted by atomic mass is 19.4. The van der Waals surface area contributed by atoms with Crippen LogP contribution >= 0.6 is 0 Å². The first kappa shape index (κ1) is 48.7. The van der Waals surface area contributed by atoms with Gasteiger partial charge >= 0.3 is 6.18 Å². The van der Waals surface area contributed by atoms with E-state index in [1.807, 2.05) is 116 Å². The van der Waals surface area contributed by atoms with Crippen molar-refractivity contribution in [2.75, 3.05) is 0 Å². The second kappa shape index (κ2) is 18.2. The Bertz CT molecular complexity index is 4340. The summed E-state index contributed by atoms with van der Waals surface area (Å²) in [5.41, 5.74) is 4.88. The first-order valence-corrected chi connectivity index (χ1v) is 24.5. The number of rotatable bonds is 7. The highest BCUT2D eigenvalue weighted by Crippen LogP contribution is 2.47. The molecule has 0 saturated carbocycles. The number of hydrogen-bond donors (Lipinski definition) is 0. The normalized spacial score (nSPS) is 11.8. The third-order valence-corrected chi connectivity index (χ3v) is 13.4. The Hall–Kier alpha value is -10.3. The molecule has 0 bridgehead atoms. The third kappa shape index (κ3) is 8.43. The van der Waals surface area contributed by atoms with Crippen LogP contribution in [0.1, 0.15) is 57.7 Å². The quantitative estimate of drug-likeness (QED) is 0.137. The van der Waals surface area contributed by atoms with Crippen LogP contribution in [-0.4, -0.2) is 68.9 Å². The van der Waals surface area contributed by atoms with E-state index in [1.54, 1.807) is 39.8 Å². The first-order valence-electron chi connectivity index (χ1n) is 24.5. The van der Waals surface area contributed by atoms with Gasteiger partial charge in [-0.15, -0.1) is 0 Å². The average Bonchev–Trinajstić information content (AvgIpc) is 4.05. The lowest BCUT2D eigenvalue weighted by molar-refractivity contribution is -0.137. The maximum atomic E-state index is 15.3. The van der Waals surface area contributed by atoms with E-state index in [0.717, 1.165) is 27.6 Å². The van der Waals surface area contributed by atoms with Gasteiger partial charge in [-0.25, -0.2) is 64.7 Å². The van der Waals surface area contributed by atoms with Gasteiger partial charge in [0, 0.05) is 43.8 Å². The van der Waals surface area contributed by atoms with Gasteiger partial charge < -0.3 is 9.13 Å². The van der Waals surface area contributed by atoms with Crippen LogP contribution in [0, 0.1) is 73.3 Å². The summed E-state index contributed by atoms with van der Waals surface area (Å²) in [6, 6.07) is 32.0. The number of hydrogen-bond acceptors (Lipinski definition) is 13. The minimum Gasteiger partial charge on any atom is -0.308 e. The fourth-order valence-corrected chi connectivity index (χ4v) is 10.4. The van der Waals surface area contributed by atoms with Gasteiger partial charge in [0.05, 0.1) is 57.2 Å². The van der Waals surface area contributed by atoms with Crippen molar-refractivity contribution in [2.45, 2.75) is 61.6 Å². The highest BCUT2D eigenvalue weighted by molar-refractivity contribution is 6.14. The van der Waals surface area contributed by atoms with Crippen LogP contribution in [0.25, 0.3) is 117 Å². The van der Waals surface area contributed by atoms with Crippen molar-refractivity contribution in [1.82, 2.24) is 68.9 Å². The zero-order chi connectivity index (χ0) is 54.5. The molecule has 0 radical (unpaired) electrons. The maximum absolute atomic E-state index is 15.3. The summed E-state index contributed by atoms with van der Waals surface area (Å²) in [6.07, 6.45) is -4.90. The molecule has 78 heavy (non-hydrogen) atoms. The predicted molar refractivity (Wildman–Crippen MR) is 290 cm³/mol. The fourth-order valence-electron chi connectivity index (χ4n) is 10.4. The van der Waals surface area contributed by atoms with Crippen LogP contribution in [-0.2, 0) is 6.18 Å². The SMILES string of the molecule is [C-]#[N+]c1cc(-n2c3ccc(-c4nc(C)nc(C)n4)cc3c3cc(-c4nc(C)nc(C)n4)ccc32)c(-n2c3ccc(-c4nc(C)nc(C)n4)cc3c3cc(-c4nc(C)nc(C)n4)ccc32)cc1-c1ccc(C#N)cc1C(F)(F)F. The van der Waals surface area contributed by atoms with Crippen molar-refractivity contribution in [3.63, 3.8) is 0 Å². The Morgan fingerprint density at radius 1 is 0.410 bits per heavy atom. The molecule has 6 heterocycles. The molecule has 0 aliphatic heterocycles. The molecule has 0 amide bonds. The molecule has 0 spiro atoms. The Morgan fingerprint density at radius 2 is 0.731 bits per heavy atom. The van der Waals surface area contributed by atoms with Gasteiger partial charge in [0.25, 0.3) is 0 Å². The van der Waals surface area contributed by atoms with Crippen molar-refractivity contribution < 1.29 is 13.2 Å². The Labute approximate surface area is 443 Å². The number of aryl methyl sites for hydroxylation is 8. The predicted octanol–water partition coefficient (Wildman–Crippen LogP) is 12.9. The Morgan fingerprint density at radius 3 is 1.03 bits per heavy atom. The number of aromatic nitrogens is 14. The van der Waals surface area contributed by atoms with Crippen LogP contribution in [0.3, 0.4) is 0 Å². The maximum Gasteiger partial charge on any atom is 0.417 e. The molecule has 0 fully saturated rings. The van der Waals surface area contributed by atoms with Gasteiger partial charge in [-0.2, -0.15) is 18.4 Å². The van der Waals surface area contributed by atoms with E-state index >= 15 is 13.2 Å².